The fourth-order valence-corrected chi connectivity index (χ4v) is 2.08. The molecule has 19 heavy (non-hydrogen) atoms. The van der Waals surface area contributed by atoms with Gasteiger partial charge in [-0.2, -0.15) is 13.2 Å². The number of benzene rings is 1. The fraction of sp³-hybridized carbons (Fsp3) is 0.462. The van der Waals surface area contributed by atoms with Crippen molar-refractivity contribution in [1.82, 2.24) is 10.6 Å². The molecule has 0 aromatic heterocycles. The topological polar surface area (TPSA) is 41.1 Å². The summed E-state index contributed by atoms with van der Waals surface area (Å²) >= 11 is 0. The van der Waals surface area contributed by atoms with Crippen LogP contribution in [-0.2, 0) is 17.5 Å². The van der Waals surface area contributed by atoms with Crippen molar-refractivity contribution < 1.29 is 18.0 Å². The summed E-state index contributed by atoms with van der Waals surface area (Å²) in [4.78, 5) is 11.7. The van der Waals surface area contributed by atoms with Crippen molar-refractivity contribution >= 4 is 5.91 Å². The van der Waals surface area contributed by atoms with E-state index in [1.54, 1.807) is 6.07 Å². The molecule has 0 saturated carbocycles. The van der Waals surface area contributed by atoms with Crippen LogP contribution in [0.2, 0.25) is 0 Å². The van der Waals surface area contributed by atoms with Crippen LogP contribution in [0.5, 0.6) is 0 Å². The quantitative estimate of drug-likeness (QED) is 0.884. The van der Waals surface area contributed by atoms with E-state index >= 15 is 0 Å². The Morgan fingerprint density at radius 1 is 1.42 bits per heavy atom. The van der Waals surface area contributed by atoms with Crippen molar-refractivity contribution in [3.63, 3.8) is 0 Å². The van der Waals surface area contributed by atoms with Crippen molar-refractivity contribution in [2.75, 3.05) is 6.54 Å². The highest BCUT2D eigenvalue weighted by Gasteiger charge is 2.30. The number of carbonyl (C=O) groups is 1. The van der Waals surface area contributed by atoms with Crippen LogP contribution in [0.3, 0.4) is 0 Å². The minimum atomic E-state index is -4.35. The summed E-state index contributed by atoms with van der Waals surface area (Å²) in [6.45, 7) is 0.919. The predicted molar refractivity (Wildman–Crippen MR) is 64.3 cm³/mol. The minimum absolute atomic E-state index is 0.112. The summed E-state index contributed by atoms with van der Waals surface area (Å²) in [5.74, 6) is -0.157. The molecule has 1 aromatic rings. The molecule has 1 fully saturated rings. The molecule has 2 N–H and O–H groups in total. The van der Waals surface area contributed by atoms with Crippen LogP contribution in [0, 0.1) is 0 Å². The number of alkyl halides is 3. The average Bonchev–Trinajstić information content (AvgIpc) is 2.89. The van der Waals surface area contributed by atoms with Gasteiger partial charge >= 0.3 is 6.18 Å². The van der Waals surface area contributed by atoms with E-state index in [4.69, 9.17) is 0 Å². The Labute approximate surface area is 109 Å². The molecular formula is C13H15F3N2O. The third-order valence-electron chi connectivity index (χ3n) is 3.10. The van der Waals surface area contributed by atoms with Crippen LogP contribution in [0.1, 0.15) is 24.0 Å². The molecule has 1 atom stereocenters. The average molecular weight is 272 g/mol. The second-order valence-electron chi connectivity index (χ2n) is 4.56. The molecule has 104 valence electrons. The zero-order valence-electron chi connectivity index (χ0n) is 10.3. The van der Waals surface area contributed by atoms with Crippen LogP contribution in [0.15, 0.2) is 24.3 Å². The molecule has 0 spiro atoms. The molecule has 1 aromatic carbocycles. The first kappa shape index (κ1) is 13.9. The van der Waals surface area contributed by atoms with Gasteiger partial charge in [0.1, 0.15) is 0 Å². The van der Waals surface area contributed by atoms with E-state index in [2.05, 4.69) is 10.6 Å². The lowest BCUT2D eigenvalue weighted by Gasteiger charge is -2.12. The number of rotatable bonds is 3. The van der Waals surface area contributed by atoms with E-state index in [0.29, 0.717) is 5.56 Å². The first-order chi connectivity index (χ1) is 8.97. The second kappa shape index (κ2) is 5.61. The van der Waals surface area contributed by atoms with Crippen molar-refractivity contribution in [1.29, 1.82) is 0 Å². The van der Waals surface area contributed by atoms with Crippen LogP contribution in [0.25, 0.3) is 0 Å². The fourth-order valence-electron chi connectivity index (χ4n) is 2.08. The highest BCUT2D eigenvalue weighted by molar-refractivity contribution is 5.81. The molecule has 1 heterocycles. The molecule has 1 saturated heterocycles. The van der Waals surface area contributed by atoms with Gasteiger partial charge in [-0.1, -0.05) is 12.1 Å². The van der Waals surface area contributed by atoms with E-state index in [9.17, 15) is 18.0 Å². The molecule has 1 amide bonds. The Morgan fingerprint density at radius 3 is 2.84 bits per heavy atom. The van der Waals surface area contributed by atoms with E-state index < -0.39 is 11.7 Å². The van der Waals surface area contributed by atoms with Gasteiger partial charge in [-0.05, 0) is 37.1 Å². The molecule has 6 heteroatoms. The SMILES string of the molecule is O=C(NCc1cccc(C(F)(F)F)c1)[C@H]1CCCN1. The largest absolute Gasteiger partial charge is 0.416 e. The number of hydrogen-bond donors (Lipinski definition) is 2. The number of amides is 1. The van der Waals surface area contributed by atoms with E-state index in [1.165, 1.54) is 6.07 Å². The molecule has 1 aliphatic heterocycles. The van der Waals surface area contributed by atoms with Crippen molar-refractivity contribution in [2.45, 2.75) is 31.6 Å². The smallest absolute Gasteiger partial charge is 0.351 e. The minimum Gasteiger partial charge on any atom is -0.351 e. The lowest BCUT2D eigenvalue weighted by Crippen LogP contribution is -2.40. The standard InChI is InChI=1S/C13H15F3N2O/c14-13(15,16)10-4-1-3-9(7-10)8-18-12(19)11-5-2-6-17-11/h1,3-4,7,11,17H,2,5-6,8H2,(H,18,19)/t11-/m1/s1. The third kappa shape index (κ3) is 3.70. The Morgan fingerprint density at radius 2 is 2.21 bits per heavy atom. The van der Waals surface area contributed by atoms with Crippen LogP contribution in [-0.4, -0.2) is 18.5 Å². The van der Waals surface area contributed by atoms with Crippen molar-refractivity contribution in [2.24, 2.45) is 0 Å². The Bertz CT molecular complexity index is 453. The molecule has 0 aliphatic carbocycles. The highest BCUT2D eigenvalue weighted by Crippen LogP contribution is 2.29. The van der Waals surface area contributed by atoms with Gasteiger partial charge in [-0.25, -0.2) is 0 Å². The number of hydrogen-bond acceptors (Lipinski definition) is 2. The molecule has 1 aliphatic rings. The summed E-state index contributed by atoms with van der Waals surface area (Å²) in [7, 11) is 0. The van der Waals surface area contributed by atoms with Gasteiger partial charge in [-0.3, -0.25) is 4.79 Å². The summed E-state index contributed by atoms with van der Waals surface area (Å²) in [6, 6.07) is 4.77. The maximum absolute atomic E-state index is 12.5. The molecule has 0 radical (unpaired) electrons. The van der Waals surface area contributed by atoms with Gasteiger partial charge in [0.05, 0.1) is 11.6 Å². The van der Waals surface area contributed by atoms with Gasteiger partial charge in [0.2, 0.25) is 5.91 Å². The predicted octanol–water partition coefficient (Wildman–Crippen LogP) is 2.07. The zero-order chi connectivity index (χ0) is 13.9. The van der Waals surface area contributed by atoms with Crippen LogP contribution in [0.4, 0.5) is 13.2 Å². The summed E-state index contributed by atoms with van der Waals surface area (Å²) in [6.07, 6.45) is -2.64. The van der Waals surface area contributed by atoms with Crippen molar-refractivity contribution in [3.05, 3.63) is 35.4 Å². The number of halogens is 3. The van der Waals surface area contributed by atoms with Crippen LogP contribution < -0.4 is 10.6 Å². The Balaban J connectivity index is 1.94. The van der Waals surface area contributed by atoms with Gasteiger partial charge in [0.25, 0.3) is 0 Å². The molecule has 0 bridgehead atoms. The van der Waals surface area contributed by atoms with E-state index in [-0.39, 0.29) is 18.5 Å². The lowest BCUT2D eigenvalue weighted by atomic mass is 10.1. The monoisotopic (exact) mass is 272 g/mol. The van der Waals surface area contributed by atoms with E-state index in [0.717, 1.165) is 31.5 Å². The van der Waals surface area contributed by atoms with Crippen LogP contribution >= 0.6 is 0 Å². The highest BCUT2D eigenvalue weighted by atomic mass is 19.4. The summed E-state index contributed by atoms with van der Waals surface area (Å²) in [5, 5.41) is 5.69. The number of carbonyl (C=O) groups excluding carboxylic acids is 1. The summed E-state index contributed by atoms with van der Waals surface area (Å²) < 4.78 is 37.5. The molecular weight excluding hydrogens is 257 g/mol. The third-order valence-corrected chi connectivity index (χ3v) is 3.10. The Kier molecular flexibility index (Phi) is 4.09. The van der Waals surface area contributed by atoms with Crippen molar-refractivity contribution in [3.8, 4) is 0 Å². The maximum atomic E-state index is 12.5. The second-order valence-corrected chi connectivity index (χ2v) is 4.56. The molecule has 0 unspecified atom stereocenters. The summed E-state index contributed by atoms with van der Waals surface area (Å²) in [5.41, 5.74) is -0.251. The van der Waals surface area contributed by atoms with Gasteiger partial charge in [0, 0.05) is 6.54 Å². The van der Waals surface area contributed by atoms with Gasteiger partial charge in [0.15, 0.2) is 0 Å². The molecule has 3 nitrogen and oxygen atoms in total. The normalized spacial score (nSPS) is 19.4. The van der Waals surface area contributed by atoms with Gasteiger partial charge in [-0.15, -0.1) is 0 Å². The molecule has 2 rings (SSSR count). The zero-order valence-corrected chi connectivity index (χ0v) is 10.3. The first-order valence-electron chi connectivity index (χ1n) is 6.14. The Hall–Kier alpha value is -1.56. The van der Waals surface area contributed by atoms with Gasteiger partial charge < -0.3 is 10.6 Å². The lowest BCUT2D eigenvalue weighted by molar-refractivity contribution is -0.137. The first-order valence-corrected chi connectivity index (χ1v) is 6.14. The maximum Gasteiger partial charge on any atom is 0.416 e. The van der Waals surface area contributed by atoms with E-state index in [1.807, 2.05) is 0 Å². The number of nitrogens with one attached hydrogen (secondary N) is 2.